The second-order valence-electron chi connectivity index (χ2n) is 6.89. The highest BCUT2D eigenvalue weighted by molar-refractivity contribution is 7.13. The van der Waals surface area contributed by atoms with Crippen molar-refractivity contribution >= 4 is 23.2 Å². The van der Waals surface area contributed by atoms with Crippen molar-refractivity contribution in [3.8, 4) is 16.4 Å². The number of carbonyl (C=O) groups is 2. The number of halogens is 1. The van der Waals surface area contributed by atoms with E-state index in [1.165, 1.54) is 28.2 Å². The molecular weight excluding hydrogens is 429 g/mol. The fourth-order valence-electron chi connectivity index (χ4n) is 3.03. The maximum Gasteiger partial charge on any atom is 0.291 e. The van der Waals surface area contributed by atoms with Crippen LogP contribution in [0.15, 0.2) is 72.1 Å². The van der Waals surface area contributed by atoms with Crippen molar-refractivity contribution in [1.29, 1.82) is 0 Å². The minimum absolute atomic E-state index is 0.0742. The molecule has 4 rings (SSSR count). The van der Waals surface area contributed by atoms with Gasteiger partial charge in [0.1, 0.15) is 5.82 Å². The molecule has 0 fully saturated rings. The summed E-state index contributed by atoms with van der Waals surface area (Å²) in [5.41, 5.74) is 1.69. The van der Waals surface area contributed by atoms with Crippen LogP contribution in [0.2, 0.25) is 0 Å². The van der Waals surface area contributed by atoms with E-state index in [1.807, 2.05) is 47.8 Å². The molecule has 7 nitrogen and oxygen atoms in total. The average molecular weight is 450 g/mol. The first kappa shape index (κ1) is 21.4. The van der Waals surface area contributed by atoms with E-state index in [-0.39, 0.29) is 24.1 Å². The van der Waals surface area contributed by atoms with Gasteiger partial charge in [-0.1, -0.05) is 36.4 Å². The standard InChI is InChI=1S/C23H20FN5O2S/c24-17-8-10-18(11-9-17)29-22(19-7-4-14-32-19)27-21(28-29)23(31)26-15-20(30)25-13-12-16-5-2-1-3-6-16/h1-11,14H,12-13,15H2,(H,25,30)(H,26,31). The number of aromatic nitrogens is 3. The Hall–Kier alpha value is -3.85. The molecular formula is C23H20FN5O2S. The van der Waals surface area contributed by atoms with Crippen LogP contribution in [0, 0.1) is 5.82 Å². The largest absolute Gasteiger partial charge is 0.354 e. The van der Waals surface area contributed by atoms with Crippen LogP contribution in [-0.2, 0) is 11.2 Å². The zero-order chi connectivity index (χ0) is 22.3. The summed E-state index contributed by atoms with van der Waals surface area (Å²) in [6, 6.07) is 19.3. The molecule has 0 saturated heterocycles. The van der Waals surface area contributed by atoms with Gasteiger partial charge in [-0.2, -0.15) is 0 Å². The van der Waals surface area contributed by atoms with Gasteiger partial charge in [0.05, 0.1) is 17.1 Å². The third kappa shape index (κ3) is 5.25. The highest BCUT2D eigenvalue weighted by Gasteiger charge is 2.20. The van der Waals surface area contributed by atoms with Gasteiger partial charge in [-0.15, -0.1) is 16.4 Å². The Morgan fingerprint density at radius 3 is 2.47 bits per heavy atom. The lowest BCUT2D eigenvalue weighted by Crippen LogP contribution is -2.38. The number of nitrogens with one attached hydrogen (secondary N) is 2. The van der Waals surface area contributed by atoms with Crippen molar-refractivity contribution in [2.45, 2.75) is 6.42 Å². The van der Waals surface area contributed by atoms with Crippen molar-refractivity contribution in [2.24, 2.45) is 0 Å². The lowest BCUT2D eigenvalue weighted by Gasteiger charge is -2.06. The van der Waals surface area contributed by atoms with E-state index in [0.717, 1.165) is 10.4 Å². The molecule has 2 aromatic heterocycles. The fraction of sp³-hybridized carbons (Fsp3) is 0.130. The summed E-state index contributed by atoms with van der Waals surface area (Å²) in [7, 11) is 0. The molecule has 2 N–H and O–H groups in total. The van der Waals surface area contributed by atoms with Crippen LogP contribution >= 0.6 is 11.3 Å². The minimum atomic E-state index is -0.568. The van der Waals surface area contributed by atoms with Gasteiger partial charge in [-0.3, -0.25) is 9.59 Å². The molecule has 2 heterocycles. The van der Waals surface area contributed by atoms with E-state index in [1.54, 1.807) is 12.1 Å². The SMILES string of the molecule is O=C(CNC(=O)c1nc(-c2cccs2)n(-c2ccc(F)cc2)n1)NCCc1ccccc1. The molecule has 9 heteroatoms. The van der Waals surface area contributed by atoms with Gasteiger partial charge in [0.15, 0.2) is 5.82 Å². The topological polar surface area (TPSA) is 88.9 Å². The molecule has 0 aliphatic rings. The molecule has 0 aliphatic carbocycles. The van der Waals surface area contributed by atoms with E-state index in [2.05, 4.69) is 20.7 Å². The summed E-state index contributed by atoms with van der Waals surface area (Å²) in [4.78, 5) is 29.8. The molecule has 0 atom stereocenters. The van der Waals surface area contributed by atoms with Crippen LogP contribution in [0.1, 0.15) is 16.2 Å². The third-order valence-electron chi connectivity index (χ3n) is 4.61. The molecule has 0 radical (unpaired) electrons. The van der Waals surface area contributed by atoms with Gasteiger partial charge in [0.2, 0.25) is 11.7 Å². The van der Waals surface area contributed by atoms with Crippen LogP contribution in [0.25, 0.3) is 16.4 Å². The Morgan fingerprint density at radius 2 is 1.75 bits per heavy atom. The number of nitrogens with zero attached hydrogens (tertiary/aromatic N) is 3. The highest BCUT2D eigenvalue weighted by atomic mass is 32.1. The normalized spacial score (nSPS) is 10.7. The molecule has 0 unspecified atom stereocenters. The van der Waals surface area contributed by atoms with Crippen molar-refractivity contribution in [1.82, 2.24) is 25.4 Å². The van der Waals surface area contributed by atoms with E-state index in [4.69, 9.17) is 0 Å². The number of rotatable bonds is 8. The lowest BCUT2D eigenvalue weighted by molar-refractivity contribution is -0.120. The van der Waals surface area contributed by atoms with Gasteiger partial charge in [-0.05, 0) is 47.7 Å². The predicted molar refractivity (Wildman–Crippen MR) is 120 cm³/mol. The Labute approximate surface area is 187 Å². The second-order valence-corrected chi connectivity index (χ2v) is 7.84. The Morgan fingerprint density at radius 1 is 0.969 bits per heavy atom. The lowest BCUT2D eigenvalue weighted by atomic mass is 10.1. The zero-order valence-electron chi connectivity index (χ0n) is 17.0. The highest BCUT2D eigenvalue weighted by Crippen LogP contribution is 2.25. The molecule has 0 aliphatic heterocycles. The quantitative estimate of drug-likeness (QED) is 0.432. The molecule has 32 heavy (non-hydrogen) atoms. The summed E-state index contributed by atoms with van der Waals surface area (Å²) in [6.07, 6.45) is 0.703. The van der Waals surface area contributed by atoms with Gasteiger partial charge in [0.25, 0.3) is 5.91 Å². The molecule has 2 aromatic carbocycles. The van der Waals surface area contributed by atoms with Crippen LogP contribution in [0.5, 0.6) is 0 Å². The predicted octanol–water partition coefficient (Wildman–Crippen LogP) is 3.22. The van der Waals surface area contributed by atoms with Crippen LogP contribution in [0.4, 0.5) is 4.39 Å². The van der Waals surface area contributed by atoms with Crippen molar-refractivity contribution in [3.05, 3.63) is 89.3 Å². The van der Waals surface area contributed by atoms with Crippen LogP contribution < -0.4 is 10.6 Å². The first-order valence-corrected chi connectivity index (χ1v) is 10.8. The summed E-state index contributed by atoms with van der Waals surface area (Å²) in [6.45, 7) is 0.283. The number of benzene rings is 2. The molecule has 0 spiro atoms. The monoisotopic (exact) mass is 449 g/mol. The first-order chi connectivity index (χ1) is 15.6. The number of thiophene rings is 1. The first-order valence-electron chi connectivity index (χ1n) is 9.96. The summed E-state index contributed by atoms with van der Waals surface area (Å²) in [5, 5.41) is 11.5. The van der Waals surface area contributed by atoms with Gasteiger partial charge in [-0.25, -0.2) is 14.1 Å². The Balaban J connectivity index is 1.40. The third-order valence-corrected chi connectivity index (χ3v) is 5.48. The summed E-state index contributed by atoms with van der Waals surface area (Å²) >= 11 is 1.45. The summed E-state index contributed by atoms with van der Waals surface area (Å²) in [5.74, 6) is -0.853. The van der Waals surface area contributed by atoms with E-state index in [0.29, 0.717) is 24.5 Å². The number of carbonyl (C=O) groups excluding carboxylic acids is 2. The second kappa shape index (κ2) is 9.97. The van der Waals surface area contributed by atoms with E-state index >= 15 is 0 Å². The number of hydrogen-bond acceptors (Lipinski definition) is 5. The van der Waals surface area contributed by atoms with Crippen LogP contribution in [-0.4, -0.2) is 39.7 Å². The van der Waals surface area contributed by atoms with E-state index < -0.39 is 5.91 Å². The van der Waals surface area contributed by atoms with Gasteiger partial charge >= 0.3 is 0 Å². The fourth-order valence-corrected chi connectivity index (χ4v) is 3.73. The van der Waals surface area contributed by atoms with Gasteiger partial charge < -0.3 is 10.6 Å². The maximum atomic E-state index is 13.3. The molecule has 162 valence electrons. The number of hydrogen-bond donors (Lipinski definition) is 2. The Kier molecular flexibility index (Phi) is 6.66. The van der Waals surface area contributed by atoms with Crippen molar-refractivity contribution in [2.75, 3.05) is 13.1 Å². The summed E-state index contributed by atoms with van der Waals surface area (Å²) < 4.78 is 14.8. The van der Waals surface area contributed by atoms with Crippen molar-refractivity contribution in [3.63, 3.8) is 0 Å². The van der Waals surface area contributed by atoms with Crippen LogP contribution in [0.3, 0.4) is 0 Å². The molecule has 0 saturated carbocycles. The smallest absolute Gasteiger partial charge is 0.291 e. The minimum Gasteiger partial charge on any atom is -0.354 e. The Bertz CT molecular complexity index is 1190. The molecule has 0 bridgehead atoms. The van der Waals surface area contributed by atoms with Gasteiger partial charge in [0, 0.05) is 6.54 Å². The molecule has 4 aromatic rings. The maximum absolute atomic E-state index is 13.3. The zero-order valence-corrected chi connectivity index (χ0v) is 17.8. The van der Waals surface area contributed by atoms with Crippen molar-refractivity contribution < 1.29 is 14.0 Å². The van der Waals surface area contributed by atoms with E-state index in [9.17, 15) is 14.0 Å². The molecule has 2 amide bonds. The average Bonchev–Trinajstić information content (AvgIpc) is 3.49. The number of amides is 2.